The summed E-state index contributed by atoms with van der Waals surface area (Å²) in [5.74, 6) is 0.718. The van der Waals surface area contributed by atoms with Gasteiger partial charge in [0.05, 0.1) is 7.11 Å². The molecular weight excluding hydrogens is 276 g/mol. The van der Waals surface area contributed by atoms with Crippen LogP contribution in [0.1, 0.15) is 18.9 Å². The Morgan fingerprint density at radius 2 is 1.91 bits per heavy atom. The lowest BCUT2D eigenvalue weighted by Gasteiger charge is -2.15. The van der Waals surface area contributed by atoms with Crippen molar-refractivity contribution in [2.24, 2.45) is 0 Å². The van der Waals surface area contributed by atoms with E-state index in [9.17, 15) is 4.79 Å². The van der Waals surface area contributed by atoms with Gasteiger partial charge in [-0.2, -0.15) is 0 Å². The number of aryl methyl sites for hydroxylation is 1. The van der Waals surface area contributed by atoms with Crippen LogP contribution in [0, 0.1) is 0 Å². The molecule has 1 unspecified atom stereocenters. The topological polar surface area (TPSA) is 50.4 Å². The summed E-state index contributed by atoms with van der Waals surface area (Å²) in [7, 11) is 1.60. The molecule has 0 aromatic heterocycles. The number of anilines is 1. The average molecular weight is 298 g/mol. The highest BCUT2D eigenvalue weighted by Gasteiger charge is 2.08. The molecule has 0 spiro atoms. The smallest absolute Gasteiger partial charge is 0.319 e. The second kappa shape index (κ2) is 8.08. The molecule has 116 valence electrons. The van der Waals surface area contributed by atoms with Gasteiger partial charge in [-0.25, -0.2) is 4.79 Å². The van der Waals surface area contributed by atoms with E-state index >= 15 is 0 Å². The lowest BCUT2D eigenvalue weighted by Crippen LogP contribution is -2.36. The number of amides is 2. The summed E-state index contributed by atoms with van der Waals surface area (Å²) < 4.78 is 5.13. The molecule has 0 aliphatic carbocycles. The molecule has 1 atom stereocenters. The lowest BCUT2D eigenvalue weighted by molar-refractivity contribution is 0.248. The molecule has 22 heavy (non-hydrogen) atoms. The number of ether oxygens (including phenoxy) is 1. The molecule has 2 rings (SSSR count). The molecule has 0 saturated heterocycles. The van der Waals surface area contributed by atoms with Gasteiger partial charge in [0.25, 0.3) is 0 Å². The summed E-state index contributed by atoms with van der Waals surface area (Å²) in [5, 5.41) is 5.76. The van der Waals surface area contributed by atoms with Gasteiger partial charge < -0.3 is 15.4 Å². The fraction of sp³-hybridized carbons (Fsp3) is 0.278. The molecule has 2 aromatic rings. The van der Waals surface area contributed by atoms with Gasteiger partial charge in [0.2, 0.25) is 0 Å². The second-order valence-corrected chi connectivity index (χ2v) is 5.26. The van der Waals surface area contributed by atoms with E-state index in [4.69, 9.17) is 4.74 Å². The molecule has 0 heterocycles. The largest absolute Gasteiger partial charge is 0.497 e. The summed E-state index contributed by atoms with van der Waals surface area (Å²) >= 11 is 0. The molecule has 0 saturated carbocycles. The van der Waals surface area contributed by atoms with Crippen molar-refractivity contribution in [3.8, 4) is 5.75 Å². The van der Waals surface area contributed by atoms with Crippen molar-refractivity contribution in [1.29, 1.82) is 0 Å². The first kappa shape index (κ1) is 15.9. The van der Waals surface area contributed by atoms with Crippen LogP contribution in [-0.2, 0) is 6.42 Å². The number of urea groups is 1. The Labute approximate surface area is 131 Å². The number of hydrogen-bond acceptors (Lipinski definition) is 2. The molecule has 4 nitrogen and oxygen atoms in total. The Morgan fingerprint density at radius 1 is 1.14 bits per heavy atom. The number of benzene rings is 2. The summed E-state index contributed by atoms with van der Waals surface area (Å²) in [4.78, 5) is 12.0. The summed E-state index contributed by atoms with van der Waals surface area (Å²) in [6.07, 6.45) is 1.84. The van der Waals surface area contributed by atoms with Crippen molar-refractivity contribution in [3.63, 3.8) is 0 Å². The minimum Gasteiger partial charge on any atom is -0.497 e. The van der Waals surface area contributed by atoms with Crippen LogP contribution in [0.4, 0.5) is 10.5 Å². The third-order valence-corrected chi connectivity index (χ3v) is 3.41. The Hall–Kier alpha value is -2.49. The quantitative estimate of drug-likeness (QED) is 0.851. The van der Waals surface area contributed by atoms with Crippen LogP contribution in [0.25, 0.3) is 0 Å². The van der Waals surface area contributed by atoms with Crippen molar-refractivity contribution >= 4 is 11.7 Å². The van der Waals surface area contributed by atoms with Gasteiger partial charge in [0, 0.05) is 17.8 Å². The van der Waals surface area contributed by atoms with Crippen LogP contribution >= 0.6 is 0 Å². The SMILES string of the molecule is COc1cccc(NC(=O)NC(C)CCc2ccccc2)c1. The molecule has 0 aliphatic rings. The van der Waals surface area contributed by atoms with Crippen molar-refractivity contribution in [2.45, 2.75) is 25.8 Å². The van der Waals surface area contributed by atoms with Gasteiger partial charge in [-0.05, 0) is 37.5 Å². The van der Waals surface area contributed by atoms with Crippen LogP contribution in [0.5, 0.6) is 5.75 Å². The van der Waals surface area contributed by atoms with Gasteiger partial charge in [0.15, 0.2) is 0 Å². The Morgan fingerprint density at radius 3 is 2.64 bits per heavy atom. The first-order valence-corrected chi connectivity index (χ1v) is 7.43. The Bertz CT molecular complexity index is 599. The van der Waals surface area contributed by atoms with Crippen LogP contribution in [0.2, 0.25) is 0 Å². The van der Waals surface area contributed by atoms with E-state index in [1.165, 1.54) is 5.56 Å². The van der Waals surface area contributed by atoms with E-state index in [0.29, 0.717) is 5.69 Å². The Kier molecular flexibility index (Phi) is 5.83. The molecule has 2 aromatic carbocycles. The first-order valence-electron chi connectivity index (χ1n) is 7.43. The van der Waals surface area contributed by atoms with Gasteiger partial charge in [0.1, 0.15) is 5.75 Å². The monoisotopic (exact) mass is 298 g/mol. The van der Waals surface area contributed by atoms with Crippen LogP contribution in [-0.4, -0.2) is 19.2 Å². The van der Waals surface area contributed by atoms with E-state index in [2.05, 4.69) is 22.8 Å². The number of carbonyl (C=O) groups excluding carboxylic acids is 1. The molecule has 2 amide bonds. The van der Waals surface area contributed by atoms with Crippen molar-refractivity contribution in [3.05, 3.63) is 60.2 Å². The standard InChI is InChI=1S/C18H22N2O2/c1-14(11-12-15-7-4-3-5-8-15)19-18(21)20-16-9-6-10-17(13-16)22-2/h3-10,13-14H,11-12H2,1-2H3,(H2,19,20,21). The number of nitrogens with one attached hydrogen (secondary N) is 2. The van der Waals surface area contributed by atoms with Crippen LogP contribution < -0.4 is 15.4 Å². The molecular formula is C18H22N2O2. The van der Waals surface area contributed by atoms with Gasteiger partial charge >= 0.3 is 6.03 Å². The molecule has 0 fully saturated rings. The molecule has 0 aliphatic heterocycles. The maximum Gasteiger partial charge on any atom is 0.319 e. The zero-order chi connectivity index (χ0) is 15.8. The maximum atomic E-state index is 12.0. The summed E-state index contributed by atoms with van der Waals surface area (Å²) in [6.45, 7) is 2.01. The van der Waals surface area contributed by atoms with Gasteiger partial charge in [-0.3, -0.25) is 0 Å². The van der Waals surface area contributed by atoms with Gasteiger partial charge in [-0.1, -0.05) is 36.4 Å². The highest BCUT2D eigenvalue weighted by atomic mass is 16.5. The second-order valence-electron chi connectivity index (χ2n) is 5.26. The fourth-order valence-electron chi connectivity index (χ4n) is 2.19. The molecule has 2 N–H and O–H groups in total. The van der Waals surface area contributed by atoms with Crippen LogP contribution in [0.15, 0.2) is 54.6 Å². The first-order chi connectivity index (χ1) is 10.7. The van der Waals surface area contributed by atoms with Crippen molar-refractivity contribution in [2.75, 3.05) is 12.4 Å². The predicted molar refractivity (Wildman–Crippen MR) is 89.4 cm³/mol. The minimum atomic E-state index is -0.200. The van der Waals surface area contributed by atoms with E-state index in [-0.39, 0.29) is 12.1 Å². The summed E-state index contributed by atoms with van der Waals surface area (Å²) in [6, 6.07) is 17.5. The highest BCUT2D eigenvalue weighted by molar-refractivity contribution is 5.89. The fourth-order valence-corrected chi connectivity index (χ4v) is 2.19. The van der Waals surface area contributed by atoms with Gasteiger partial charge in [-0.15, -0.1) is 0 Å². The number of rotatable bonds is 6. The lowest BCUT2D eigenvalue weighted by atomic mass is 10.1. The third-order valence-electron chi connectivity index (χ3n) is 3.41. The molecule has 0 bridgehead atoms. The number of hydrogen-bond donors (Lipinski definition) is 2. The molecule has 0 radical (unpaired) electrons. The van der Waals surface area contributed by atoms with E-state index in [1.54, 1.807) is 13.2 Å². The maximum absolute atomic E-state index is 12.0. The van der Waals surface area contributed by atoms with Crippen molar-refractivity contribution in [1.82, 2.24) is 5.32 Å². The Balaban J connectivity index is 1.78. The predicted octanol–water partition coefficient (Wildman–Crippen LogP) is 3.84. The average Bonchev–Trinajstić information content (AvgIpc) is 2.54. The summed E-state index contributed by atoms with van der Waals surface area (Å²) in [5.41, 5.74) is 2.00. The number of carbonyl (C=O) groups is 1. The minimum absolute atomic E-state index is 0.103. The van der Waals surface area contributed by atoms with E-state index < -0.39 is 0 Å². The van der Waals surface area contributed by atoms with E-state index in [0.717, 1.165) is 18.6 Å². The van der Waals surface area contributed by atoms with Crippen molar-refractivity contribution < 1.29 is 9.53 Å². The number of methoxy groups -OCH3 is 1. The van der Waals surface area contributed by atoms with E-state index in [1.807, 2.05) is 43.3 Å². The zero-order valence-corrected chi connectivity index (χ0v) is 13.0. The molecule has 4 heteroatoms. The van der Waals surface area contributed by atoms with Crippen LogP contribution in [0.3, 0.4) is 0 Å². The normalized spacial score (nSPS) is 11.5. The third kappa shape index (κ3) is 5.13. The highest BCUT2D eigenvalue weighted by Crippen LogP contribution is 2.16. The zero-order valence-electron chi connectivity index (χ0n) is 13.0.